The van der Waals surface area contributed by atoms with E-state index in [0.29, 0.717) is 33.3 Å². The maximum Gasteiger partial charge on any atom is 0.270 e. The third kappa shape index (κ3) is 6.64. The fraction of sp³-hybridized carbons (Fsp3) is 0.212. The van der Waals surface area contributed by atoms with Crippen molar-refractivity contribution in [1.29, 1.82) is 0 Å². The van der Waals surface area contributed by atoms with Gasteiger partial charge < -0.3 is 15.2 Å². The zero-order valence-electron chi connectivity index (χ0n) is 22.9. The number of piperidine rings is 1. The van der Waals surface area contributed by atoms with Gasteiger partial charge in [-0.2, -0.15) is 0 Å². The molecule has 2 N–H and O–H groups in total. The van der Waals surface area contributed by atoms with Gasteiger partial charge in [0.05, 0.1) is 5.69 Å². The van der Waals surface area contributed by atoms with E-state index in [0.717, 1.165) is 61.2 Å². The number of carbonyl (C=O) groups excluding carboxylic acids is 1. The van der Waals surface area contributed by atoms with Crippen molar-refractivity contribution in [2.24, 2.45) is 5.92 Å². The number of benzene rings is 2. The number of rotatable bonds is 8. The molecular weight excluding hydrogens is 567 g/mol. The van der Waals surface area contributed by atoms with Gasteiger partial charge in [-0.15, -0.1) is 0 Å². The molecule has 1 aliphatic rings. The Kier molecular flexibility index (Phi) is 8.49. The van der Waals surface area contributed by atoms with Crippen LogP contribution in [0.2, 0.25) is 10.0 Å². The Morgan fingerprint density at radius 1 is 0.952 bits per heavy atom. The number of nitrogens with one attached hydrogen (secondary N) is 2. The Bertz CT molecular complexity index is 1650. The number of halogens is 2. The molecule has 212 valence electrons. The van der Waals surface area contributed by atoms with Crippen LogP contribution in [0, 0.1) is 5.92 Å². The highest BCUT2D eigenvalue weighted by Crippen LogP contribution is 2.35. The van der Waals surface area contributed by atoms with E-state index >= 15 is 0 Å². The lowest BCUT2D eigenvalue weighted by molar-refractivity contribution is 0.0681. The fourth-order valence-electron chi connectivity index (χ4n) is 5.40. The molecule has 1 saturated heterocycles. The topological polar surface area (TPSA) is 86.8 Å². The predicted octanol–water partition coefficient (Wildman–Crippen LogP) is 8.07. The molecule has 1 fully saturated rings. The standard InChI is InChI=1S/C33H30Cl2N6O/c34-26-15-24(16-27(35)18-26)29-21-38-33(39-28-6-2-1-3-7-28)40-31(29)25-17-30(37-20-25)32(42)41-13-10-22(11-14-41)8-9-23-5-4-12-36-19-23/h1-7,12,15-22,37H,8-11,13-14H2,(H,38,39,40). The number of nitrogens with zero attached hydrogens (tertiary/aromatic N) is 4. The Morgan fingerprint density at radius 2 is 1.74 bits per heavy atom. The van der Waals surface area contributed by atoms with E-state index in [1.807, 2.05) is 71.9 Å². The largest absolute Gasteiger partial charge is 0.357 e. The number of amides is 1. The maximum atomic E-state index is 13.5. The number of pyridine rings is 1. The summed E-state index contributed by atoms with van der Waals surface area (Å²) in [6.45, 7) is 1.49. The minimum atomic E-state index is -0.00370. The Hall–Kier alpha value is -4.20. The van der Waals surface area contributed by atoms with Gasteiger partial charge in [-0.3, -0.25) is 9.78 Å². The minimum absolute atomic E-state index is 0.00370. The van der Waals surface area contributed by atoms with E-state index in [1.165, 1.54) is 5.56 Å². The quantitative estimate of drug-likeness (QED) is 0.189. The number of aromatic amines is 1. The molecule has 0 saturated carbocycles. The predicted molar refractivity (Wildman–Crippen MR) is 168 cm³/mol. The van der Waals surface area contributed by atoms with Gasteiger partial charge in [-0.05, 0) is 85.2 Å². The van der Waals surface area contributed by atoms with E-state index in [9.17, 15) is 4.79 Å². The van der Waals surface area contributed by atoms with Crippen LogP contribution in [0.15, 0.2) is 91.5 Å². The normalized spacial score (nSPS) is 13.7. The molecule has 6 rings (SSSR count). The lowest BCUT2D eigenvalue weighted by Gasteiger charge is -2.31. The summed E-state index contributed by atoms with van der Waals surface area (Å²) in [5, 5.41) is 4.29. The van der Waals surface area contributed by atoms with Gasteiger partial charge in [0, 0.05) is 64.7 Å². The van der Waals surface area contributed by atoms with E-state index in [2.05, 4.69) is 26.3 Å². The average Bonchev–Trinajstić information content (AvgIpc) is 3.51. The Balaban J connectivity index is 1.21. The van der Waals surface area contributed by atoms with E-state index < -0.39 is 0 Å². The molecule has 42 heavy (non-hydrogen) atoms. The highest BCUT2D eigenvalue weighted by atomic mass is 35.5. The van der Waals surface area contributed by atoms with Crippen molar-refractivity contribution in [2.75, 3.05) is 18.4 Å². The summed E-state index contributed by atoms with van der Waals surface area (Å²) in [6.07, 6.45) is 11.4. The molecule has 0 spiro atoms. The molecule has 1 amide bonds. The van der Waals surface area contributed by atoms with Crippen molar-refractivity contribution < 1.29 is 4.79 Å². The molecule has 1 aliphatic heterocycles. The summed E-state index contributed by atoms with van der Waals surface area (Å²) < 4.78 is 0. The number of hydrogen-bond acceptors (Lipinski definition) is 5. The van der Waals surface area contributed by atoms with Crippen molar-refractivity contribution >= 4 is 40.7 Å². The third-order valence-corrected chi connectivity index (χ3v) is 8.08. The van der Waals surface area contributed by atoms with Crippen LogP contribution >= 0.6 is 23.2 Å². The average molecular weight is 598 g/mol. The summed E-state index contributed by atoms with van der Waals surface area (Å²) in [4.78, 5) is 32.3. The van der Waals surface area contributed by atoms with Crippen molar-refractivity contribution in [3.05, 3.63) is 113 Å². The second-order valence-electron chi connectivity index (χ2n) is 10.5. The summed E-state index contributed by atoms with van der Waals surface area (Å²) in [5.41, 5.74) is 5.64. The molecule has 4 heterocycles. The van der Waals surface area contributed by atoms with Crippen molar-refractivity contribution in [3.8, 4) is 22.4 Å². The first-order valence-corrected chi connectivity index (χ1v) is 14.8. The molecule has 0 radical (unpaired) electrons. The van der Waals surface area contributed by atoms with E-state index in [-0.39, 0.29) is 5.91 Å². The van der Waals surface area contributed by atoms with Gasteiger partial charge in [0.15, 0.2) is 0 Å². The molecule has 0 atom stereocenters. The molecule has 3 aromatic heterocycles. The number of aromatic nitrogens is 4. The maximum absolute atomic E-state index is 13.5. The van der Waals surface area contributed by atoms with Crippen LogP contribution in [0.4, 0.5) is 11.6 Å². The molecule has 9 heteroatoms. The number of anilines is 2. The van der Waals surface area contributed by atoms with E-state index in [4.69, 9.17) is 28.2 Å². The van der Waals surface area contributed by atoms with Crippen molar-refractivity contribution in [3.63, 3.8) is 0 Å². The van der Waals surface area contributed by atoms with Crippen molar-refractivity contribution in [1.82, 2.24) is 24.8 Å². The fourth-order valence-corrected chi connectivity index (χ4v) is 5.93. The summed E-state index contributed by atoms with van der Waals surface area (Å²) in [5.74, 6) is 1.04. The smallest absolute Gasteiger partial charge is 0.270 e. The minimum Gasteiger partial charge on any atom is -0.357 e. The number of aryl methyl sites for hydroxylation is 1. The number of likely N-dealkylation sites (tertiary alicyclic amines) is 1. The summed E-state index contributed by atoms with van der Waals surface area (Å²) in [7, 11) is 0. The lowest BCUT2D eigenvalue weighted by Crippen LogP contribution is -2.38. The van der Waals surface area contributed by atoms with Gasteiger partial charge in [0.25, 0.3) is 5.91 Å². The lowest BCUT2D eigenvalue weighted by atomic mass is 9.90. The SMILES string of the molecule is O=C(c1cc(-c2nc(Nc3ccccc3)ncc2-c2cc(Cl)cc(Cl)c2)c[nH]1)N1CCC(CCc2cccnc2)CC1. The zero-order valence-corrected chi connectivity index (χ0v) is 24.4. The van der Waals surface area contributed by atoms with E-state index in [1.54, 1.807) is 18.5 Å². The number of hydrogen-bond donors (Lipinski definition) is 2. The van der Waals surface area contributed by atoms with Crippen LogP contribution in [-0.4, -0.2) is 43.8 Å². The molecule has 2 aromatic carbocycles. The van der Waals surface area contributed by atoms with Gasteiger partial charge in [0.1, 0.15) is 5.69 Å². The van der Waals surface area contributed by atoms with Crippen LogP contribution in [0.3, 0.4) is 0 Å². The molecule has 0 bridgehead atoms. The van der Waals surface area contributed by atoms with Crippen LogP contribution in [0.25, 0.3) is 22.4 Å². The first kappa shape index (κ1) is 27.9. The van der Waals surface area contributed by atoms with Crippen LogP contribution < -0.4 is 5.32 Å². The summed E-state index contributed by atoms with van der Waals surface area (Å²) in [6, 6.07) is 21.1. The molecule has 0 unspecified atom stereocenters. The second-order valence-corrected chi connectivity index (χ2v) is 11.4. The molecule has 7 nitrogen and oxygen atoms in total. The van der Waals surface area contributed by atoms with Crippen LogP contribution in [0.1, 0.15) is 35.3 Å². The Morgan fingerprint density at radius 3 is 2.48 bits per heavy atom. The molecule has 0 aliphatic carbocycles. The zero-order chi connectivity index (χ0) is 28.9. The highest BCUT2D eigenvalue weighted by Gasteiger charge is 2.25. The number of para-hydroxylation sites is 1. The summed E-state index contributed by atoms with van der Waals surface area (Å²) >= 11 is 12.7. The van der Waals surface area contributed by atoms with Crippen LogP contribution in [-0.2, 0) is 6.42 Å². The Labute approximate surface area is 255 Å². The van der Waals surface area contributed by atoms with Gasteiger partial charge in [-0.25, -0.2) is 9.97 Å². The third-order valence-electron chi connectivity index (χ3n) is 7.64. The van der Waals surface area contributed by atoms with Gasteiger partial charge >= 0.3 is 0 Å². The van der Waals surface area contributed by atoms with Crippen molar-refractivity contribution in [2.45, 2.75) is 25.7 Å². The second kappa shape index (κ2) is 12.8. The van der Waals surface area contributed by atoms with Crippen LogP contribution in [0.5, 0.6) is 0 Å². The first-order chi connectivity index (χ1) is 20.5. The monoisotopic (exact) mass is 596 g/mol. The van der Waals surface area contributed by atoms with Gasteiger partial charge in [0.2, 0.25) is 5.95 Å². The molecular formula is C33H30Cl2N6O. The first-order valence-electron chi connectivity index (χ1n) is 14.0. The number of H-pyrrole nitrogens is 1. The number of carbonyl (C=O) groups is 1. The molecule has 5 aromatic rings. The van der Waals surface area contributed by atoms with Gasteiger partial charge in [-0.1, -0.05) is 47.5 Å². The highest BCUT2D eigenvalue weighted by molar-refractivity contribution is 6.35.